The van der Waals surface area contributed by atoms with E-state index < -0.39 is 0 Å². The summed E-state index contributed by atoms with van der Waals surface area (Å²) in [7, 11) is 1.73. The Balaban J connectivity index is 2.19. The van der Waals surface area contributed by atoms with Gasteiger partial charge in [-0.2, -0.15) is 0 Å². The summed E-state index contributed by atoms with van der Waals surface area (Å²) in [6.07, 6.45) is 6.86. The molecule has 1 fully saturated rings. The fraction of sp³-hybridized carbons (Fsp3) is 0.556. The lowest BCUT2D eigenvalue weighted by atomic mass is 9.93. The first-order valence-corrected chi connectivity index (χ1v) is 4.55. The number of aryl methyl sites for hydroxylation is 1. The van der Waals surface area contributed by atoms with Crippen molar-refractivity contribution in [3.8, 4) is 0 Å². The number of nitrogens with one attached hydrogen (secondary N) is 1. The van der Waals surface area contributed by atoms with Crippen molar-refractivity contribution in [2.75, 3.05) is 5.32 Å². The molecule has 1 aromatic rings. The molecule has 0 bridgehead atoms. The zero-order chi connectivity index (χ0) is 9.26. The van der Waals surface area contributed by atoms with Crippen molar-refractivity contribution in [3.05, 3.63) is 22.7 Å². The predicted molar refractivity (Wildman–Crippen MR) is 50.7 cm³/mol. The predicted octanol–water partition coefficient (Wildman–Crippen LogP) is 0.745. The quantitative estimate of drug-likeness (QED) is 0.728. The number of aromatic nitrogens is 2. The Morgan fingerprint density at radius 3 is 3.00 bits per heavy atom. The van der Waals surface area contributed by atoms with Crippen molar-refractivity contribution < 1.29 is 0 Å². The topological polar surface area (TPSA) is 46.9 Å². The maximum absolute atomic E-state index is 11.5. The maximum Gasteiger partial charge on any atom is 0.293 e. The summed E-state index contributed by atoms with van der Waals surface area (Å²) in [6.45, 7) is 0. The Kier molecular flexibility index (Phi) is 2.04. The molecule has 0 radical (unpaired) electrons. The molecule has 0 saturated heterocycles. The van der Waals surface area contributed by atoms with Gasteiger partial charge < -0.3 is 9.88 Å². The molecule has 1 aromatic heterocycles. The van der Waals surface area contributed by atoms with E-state index in [9.17, 15) is 4.79 Å². The average Bonchev–Trinajstić information content (AvgIpc) is 2.04. The van der Waals surface area contributed by atoms with Crippen LogP contribution in [0.1, 0.15) is 19.3 Å². The van der Waals surface area contributed by atoms with Gasteiger partial charge in [-0.1, -0.05) is 0 Å². The third kappa shape index (κ3) is 1.56. The minimum atomic E-state index is -0.0469. The van der Waals surface area contributed by atoms with Crippen LogP contribution in [0.15, 0.2) is 17.2 Å². The minimum Gasteiger partial charge on any atom is -0.363 e. The van der Waals surface area contributed by atoms with Crippen LogP contribution in [0.25, 0.3) is 0 Å². The molecule has 0 aliphatic heterocycles. The number of nitrogens with zero attached hydrogens (tertiary/aromatic N) is 2. The summed E-state index contributed by atoms with van der Waals surface area (Å²) in [6, 6.07) is 0.461. The summed E-state index contributed by atoms with van der Waals surface area (Å²) in [5.74, 6) is 0.481. The van der Waals surface area contributed by atoms with Crippen molar-refractivity contribution in [2.24, 2.45) is 7.05 Å². The van der Waals surface area contributed by atoms with E-state index in [2.05, 4.69) is 10.3 Å². The molecule has 0 atom stereocenters. The lowest BCUT2D eigenvalue weighted by Gasteiger charge is -2.26. The Bertz CT molecular complexity index is 354. The van der Waals surface area contributed by atoms with Gasteiger partial charge in [-0.3, -0.25) is 4.79 Å². The van der Waals surface area contributed by atoms with Crippen molar-refractivity contribution >= 4 is 5.82 Å². The van der Waals surface area contributed by atoms with Crippen LogP contribution in [0, 0.1) is 0 Å². The largest absolute Gasteiger partial charge is 0.363 e. The third-order valence-electron chi connectivity index (χ3n) is 2.46. The van der Waals surface area contributed by atoms with Crippen molar-refractivity contribution in [1.82, 2.24) is 9.55 Å². The Morgan fingerprint density at radius 1 is 1.62 bits per heavy atom. The molecule has 1 aliphatic rings. The second-order valence-electron chi connectivity index (χ2n) is 3.46. The zero-order valence-electron chi connectivity index (χ0n) is 7.66. The van der Waals surface area contributed by atoms with Crippen LogP contribution in [-0.4, -0.2) is 15.6 Å². The number of anilines is 1. The highest BCUT2D eigenvalue weighted by Crippen LogP contribution is 2.20. The van der Waals surface area contributed by atoms with Crippen LogP contribution < -0.4 is 10.9 Å². The highest BCUT2D eigenvalue weighted by molar-refractivity contribution is 5.32. The molecule has 4 heteroatoms. The molecule has 0 amide bonds. The molecule has 2 rings (SSSR count). The molecular formula is C9H13N3O. The van der Waals surface area contributed by atoms with Crippen LogP contribution in [0.3, 0.4) is 0 Å². The Hall–Kier alpha value is -1.32. The molecule has 1 saturated carbocycles. The van der Waals surface area contributed by atoms with E-state index in [1.807, 2.05) is 0 Å². The van der Waals surface area contributed by atoms with Gasteiger partial charge in [0.2, 0.25) is 0 Å². The van der Waals surface area contributed by atoms with Gasteiger partial charge in [0.15, 0.2) is 5.82 Å². The minimum absolute atomic E-state index is 0.0469. The fourth-order valence-corrected chi connectivity index (χ4v) is 1.34. The number of rotatable bonds is 2. The molecule has 1 heterocycles. The third-order valence-corrected chi connectivity index (χ3v) is 2.46. The monoisotopic (exact) mass is 179 g/mol. The van der Waals surface area contributed by atoms with E-state index in [0.717, 1.165) is 12.8 Å². The van der Waals surface area contributed by atoms with Crippen LogP contribution in [0.2, 0.25) is 0 Å². The molecule has 1 N–H and O–H groups in total. The first-order chi connectivity index (χ1) is 6.27. The highest BCUT2D eigenvalue weighted by atomic mass is 16.1. The van der Waals surface area contributed by atoms with Gasteiger partial charge in [-0.25, -0.2) is 4.98 Å². The van der Waals surface area contributed by atoms with Gasteiger partial charge in [0, 0.05) is 25.5 Å². The summed E-state index contributed by atoms with van der Waals surface area (Å²) < 4.78 is 1.54. The van der Waals surface area contributed by atoms with Gasteiger partial charge in [0.05, 0.1) is 0 Å². The first-order valence-electron chi connectivity index (χ1n) is 4.55. The SMILES string of the molecule is Cn1ccnc(NC2CCC2)c1=O. The summed E-state index contributed by atoms with van der Waals surface area (Å²) in [4.78, 5) is 15.5. The molecule has 4 nitrogen and oxygen atoms in total. The van der Waals surface area contributed by atoms with Gasteiger partial charge >= 0.3 is 0 Å². The molecular weight excluding hydrogens is 166 g/mol. The molecule has 0 spiro atoms. The molecule has 70 valence electrons. The Labute approximate surface area is 76.6 Å². The average molecular weight is 179 g/mol. The lowest BCUT2D eigenvalue weighted by Crippen LogP contribution is -2.32. The molecule has 1 aliphatic carbocycles. The van der Waals surface area contributed by atoms with Crippen LogP contribution in [0.4, 0.5) is 5.82 Å². The zero-order valence-corrected chi connectivity index (χ0v) is 7.66. The van der Waals surface area contributed by atoms with Gasteiger partial charge in [0.1, 0.15) is 0 Å². The van der Waals surface area contributed by atoms with Crippen LogP contribution in [0.5, 0.6) is 0 Å². The number of hydrogen-bond donors (Lipinski definition) is 1. The lowest BCUT2D eigenvalue weighted by molar-refractivity contribution is 0.443. The van der Waals surface area contributed by atoms with E-state index in [1.165, 1.54) is 11.0 Å². The van der Waals surface area contributed by atoms with Crippen LogP contribution in [-0.2, 0) is 7.05 Å². The summed E-state index contributed by atoms with van der Waals surface area (Å²) >= 11 is 0. The molecule has 0 aromatic carbocycles. The second-order valence-corrected chi connectivity index (χ2v) is 3.46. The smallest absolute Gasteiger partial charge is 0.293 e. The first kappa shape index (κ1) is 8.29. The van der Waals surface area contributed by atoms with Gasteiger partial charge in [-0.05, 0) is 19.3 Å². The van der Waals surface area contributed by atoms with Crippen LogP contribution >= 0.6 is 0 Å². The van der Waals surface area contributed by atoms with E-state index in [-0.39, 0.29) is 5.56 Å². The summed E-state index contributed by atoms with van der Waals surface area (Å²) in [5, 5.41) is 3.14. The molecule has 0 unspecified atom stereocenters. The van der Waals surface area contributed by atoms with Gasteiger partial charge in [0.25, 0.3) is 5.56 Å². The van der Waals surface area contributed by atoms with Gasteiger partial charge in [-0.15, -0.1) is 0 Å². The van der Waals surface area contributed by atoms with E-state index in [0.29, 0.717) is 11.9 Å². The maximum atomic E-state index is 11.5. The van der Waals surface area contributed by atoms with E-state index >= 15 is 0 Å². The summed E-state index contributed by atoms with van der Waals surface area (Å²) in [5.41, 5.74) is -0.0469. The van der Waals surface area contributed by atoms with E-state index in [4.69, 9.17) is 0 Å². The van der Waals surface area contributed by atoms with E-state index in [1.54, 1.807) is 19.4 Å². The number of hydrogen-bond acceptors (Lipinski definition) is 3. The van der Waals surface area contributed by atoms with Crippen molar-refractivity contribution in [1.29, 1.82) is 0 Å². The highest BCUT2D eigenvalue weighted by Gasteiger charge is 2.18. The van der Waals surface area contributed by atoms with Crippen molar-refractivity contribution in [2.45, 2.75) is 25.3 Å². The molecule has 13 heavy (non-hydrogen) atoms. The van der Waals surface area contributed by atoms with Crippen molar-refractivity contribution in [3.63, 3.8) is 0 Å². The fourth-order valence-electron chi connectivity index (χ4n) is 1.34. The normalized spacial score (nSPS) is 16.7. The standard InChI is InChI=1S/C9H13N3O/c1-12-6-5-10-8(9(12)13)11-7-3-2-4-7/h5-7H,2-4H2,1H3,(H,10,11). The Morgan fingerprint density at radius 2 is 2.38 bits per heavy atom. The second kappa shape index (κ2) is 3.20.